The van der Waals surface area contributed by atoms with Gasteiger partial charge in [-0.05, 0) is 37.1 Å². The Morgan fingerprint density at radius 1 is 1.07 bits per heavy atom. The fourth-order valence-electron chi connectivity index (χ4n) is 1.82. The Bertz CT molecular complexity index is 410. The highest BCUT2D eigenvalue weighted by Gasteiger charge is 1.98. The average molecular weight is 188 g/mol. The first-order valence-electron chi connectivity index (χ1n) is 5.54. The highest BCUT2D eigenvalue weighted by atomic mass is 14.0. The first-order chi connectivity index (χ1) is 6.77. The normalized spacial score (nSPS) is 13.6. The van der Waals surface area contributed by atoms with Crippen LogP contribution in [-0.2, 0) is 0 Å². The molecular weight excluding hydrogens is 168 g/mol. The lowest BCUT2D eigenvalue weighted by Crippen LogP contribution is -2.28. The van der Waals surface area contributed by atoms with Crippen molar-refractivity contribution in [3.8, 4) is 0 Å². The molecule has 0 fully saturated rings. The molecule has 76 valence electrons. The van der Waals surface area contributed by atoms with Crippen LogP contribution in [0.1, 0.15) is 39.2 Å². The highest BCUT2D eigenvalue weighted by Crippen LogP contribution is 2.06. The molecule has 1 aromatic rings. The zero-order valence-corrected chi connectivity index (χ0v) is 9.72. The summed E-state index contributed by atoms with van der Waals surface area (Å²) in [6.45, 7) is 8.39. The van der Waals surface area contributed by atoms with Gasteiger partial charge < -0.3 is 0 Å². The standard InChI is InChI=1S/C12H14.C2H6/c1-9-6-7-12-10(2)4-3-5-11(12)8-9;1-2/h5-8H,3-4H2,1-2H3;1-2H3. The molecule has 0 radical (unpaired) electrons. The Kier molecular flexibility index (Phi) is 3.94. The van der Waals surface area contributed by atoms with Gasteiger partial charge in [0.15, 0.2) is 0 Å². The van der Waals surface area contributed by atoms with Crippen molar-refractivity contribution in [2.45, 2.75) is 40.5 Å². The zero-order valence-electron chi connectivity index (χ0n) is 9.72. The van der Waals surface area contributed by atoms with Gasteiger partial charge in [0.25, 0.3) is 0 Å². The van der Waals surface area contributed by atoms with Gasteiger partial charge in [-0.1, -0.05) is 49.3 Å². The summed E-state index contributed by atoms with van der Waals surface area (Å²) in [5, 5.41) is 2.88. The lowest BCUT2D eigenvalue weighted by atomic mass is 10.00. The third-order valence-corrected chi connectivity index (χ3v) is 2.55. The third kappa shape index (κ3) is 2.25. The predicted molar refractivity (Wildman–Crippen MR) is 64.6 cm³/mol. The quantitative estimate of drug-likeness (QED) is 0.587. The summed E-state index contributed by atoms with van der Waals surface area (Å²) in [6.07, 6.45) is 4.79. The molecule has 1 aromatic carbocycles. The van der Waals surface area contributed by atoms with Crippen LogP contribution in [0.15, 0.2) is 18.2 Å². The van der Waals surface area contributed by atoms with Gasteiger partial charge in [0.1, 0.15) is 0 Å². The molecule has 0 aromatic heterocycles. The first-order valence-corrected chi connectivity index (χ1v) is 5.54. The molecule has 14 heavy (non-hydrogen) atoms. The van der Waals surface area contributed by atoms with E-state index in [4.69, 9.17) is 0 Å². The van der Waals surface area contributed by atoms with Crippen LogP contribution in [0.3, 0.4) is 0 Å². The van der Waals surface area contributed by atoms with E-state index in [-0.39, 0.29) is 0 Å². The smallest absolute Gasteiger partial charge is 0.0198 e. The van der Waals surface area contributed by atoms with E-state index in [0.29, 0.717) is 0 Å². The van der Waals surface area contributed by atoms with Crippen molar-refractivity contribution >= 4 is 11.6 Å². The Labute approximate surface area is 87.0 Å². The summed E-state index contributed by atoms with van der Waals surface area (Å²) in [7, 11) is 0. The minimum Gasteiger partial charge on any atom is -0.0763 e. The van der Waals surface area contributed by atoms with Gasteiger partial charge in [-0.15, -0.1) is 0 Å². The van der Waals surface area contributed by atoms with Crippen LogP contribution in [-0.4, -0.2) is 0 Å². The number of aryl methyl sites for hydroxylation is 1. The lowest BCUT2D eigenvalue weighted by Gasteiger charge is -2.06. The third-order valence-electron chi connectivity index (χ3n) is 2.55. The van der Waals surface area contributed by atoms with Gasteiger partial charge in [0.05, 0.1) is 0 Å². The molecule has 0 bridgehead atoms. The van der Waals surface area contributed by atoms with Gasteiger partial charge in [-0.25, -0.2) is 0 Å². The van der Waals surface area contributed by atoms with E-state index in [1.54, 1.807) is 0 Å². The molecule has 0 saturated carbocycles. The maximum absolute atomic E-state index is 2.34. The molecule has 0 unspecified atom stereocenters. The van der Waals surface area contributed by atoms with E-state index in [0.717, 1.165) is 0 Å². The lowest BCUT2D eigenvalue weighted by molar-refractivity contribution is 1.06. The van der Waals surface area contributed by atoms with E-state index in [1.807, 2.05) is 13.8 Å². The number of rotatable bonds is 0. The topological polar surface area (TPSA) is 0 Å². The van der Waals surface area contributed by atoms with Crippen molar-refractivity contribution in [1.82, 2.24) is 0 Å². The van der Waals surface area contributed by atoms with Crippen LogP contribution in [0, 0.1) is 6.92 Å². The SMILES string of the molecule is CC.CC1=c2ccc(C)cc2=CCC1. The first kappa shape index (κ1) is 11.0. The molecule has 2 rings (SSSR count). The summed E-state index contributed by atoms with van der Waals surface area (Å²) in [5.41, 5.74) is 2.90. The minimum atomic E-state index is 1.21. The maximum Gasteiger partial charge on any atom is -0.0198 e. The van der Waals surface area contributed by atoms with Gasteiger partial charge in [0.2, 0.25) is 0 Å². The molecule has 0 saturated heterocycles. The van der Waals surface area contributed by atoms with Crippen LogP contribution in [0.2, 0.25) is 0 Å². The second-order valence-electron chi connectivity index (χ2n) is 3.61. The molecule has 0 amide bonds. The minimum absolute atomic E-state index is 1.21. The second-order valence-corrected chi connectivity index (χ2v) is 3.61. The molecule has 0 heterocycles. The number of benzene rings is 1. The van der Waals surface area contributed by atoms with Crippen molar-refractivity contribution in [1.29, 1.82) is 0 Å². The van der Waals surface area contributed by atoms with Crippen LogP contribution in [0.25, 0.3) is 11.6 Å². The summed E-state index contributed by atoms with van der Waals surface area (Å²) in [5.74, 6) is 0. The van der Waals surface area contributed by atoms with Gasteiger partial charge >= 0.3 is 0 Å². The second kappa shape index (κ2) is 4.99. The Balaban J connectivity index is 0.000000461. The summed E-state index contributed by atoms with van der Waals surface area (Å²) >= 11 is 0. The van der Waals surface area contributed by atoms with Crippen molar-refractivity contribution in [2.75, 3.05) is 0 Å². The van der Waals surface area contributed by atoms with E-state index < -0.39 is 0 Å². The van der Waals surface area contributed by atoms with E-state index in [1.165, 1.54) is 34.4 Å². The number of hydrogen-bond acceptors (Lipinski definition) is 0. The molecule has 1 aliphatic carbocycles. The van der Waals surface area contributed by atoms with Gasteiger partial charge in [-0.2, -0.15) is 0 Å². The monoisotopic (exact) mass is 188 g/mol. The van der Waals surface area contributed by atoms with Crippen molar-refractivity contribution < 1.29 is 0 Å². The molecule has 0 spiro atoms. The molecule has 0 atom stereocenters. The van der Waals surface area contributed by atoms with E-state index in [2.05, 4.69) is 38.1 Å². The van der Waals surface area contributed by atoms with Crippen molar-refractivity contribution in [3.63, 3.8) is 0 Å². The van der Waals surface area contributed by atoms with Crippen molar-refractivity contribution in [2.24, 2.45) is 0 Å². The van der Waals surface area contributed by atoms with E-state index >= 15 is 0 Å². The fraction of sp³-hybridized carbons (Fsp3) is 0.429. The van der Waals surface area contributed by atoms with Crippen molar-refractivity contribution in [3.05, 3.63) is 34.2 Å². The van der Waals surface area contributed by atoms with Crippen LogP contribution < -0.4 is 10.4 Å². The summed E-state index contributed by atoms with van der Waals surface area (Å²) < 4.78 is 0. The Morgan fingerprint density at radius 3 is 2.50 bits per heavy atom. The molecular formula is C14H20. The molecule has 1 aliphatic rings. The van der Waals surface area contributed by atoms with E-state index in [9.17, 15) is 0 Å². The average Bonchev–Trinajstić information content (AvgIpc) is 2.21. The molecule has 0 aliphatic heterocycles. The molecule has 0 heteroatoms. The van der Waals surface area contributed by atoms with Crippen LogP contribution in [0.5, 0.6) is 0 Å². The zero-order chi connectivity index (χ0) is 10.6. The highest BCUT2D eigenvalue weighted by molar-refractivity contribution is 5.49. The van der Waals surface area contributed by atoms with Crippen LogP contribution >= 0.6 is 0 Å². The number of hydrogen-bond donors (Lipinski definition) is 0. The van der Waals surface area contributed by atoms with Gasteiger partial charge in [-0.3, -0.25) is 0 Å². The fourth-order valence-corrected chi connectivity index (χ4v) is 1.82. The summed E-state index contributed by atoms with van der Waals surface area (Å²) in [4.78, 5) is 0. The number of fused-ring (bicyclic) bond motifs is 1. The Morgan fingerprint density at radius 2 is 1.79 bits per heavy atom. The van der Waals surface area contributed by atoms with Gasteiger partial charge in [0, 0.05) is 0 Å². The van der Waals surface area contributed by atoms with Crippen LogP contribution in [0.4, 0.5) is 0 Å². The largest absolute Gasteiger partial charge is 0.0763 e. The Hall–Kier alpha value is -1.04. The molecule has 0 nitrogen and oxygen atoms in total. The maximum atomic E-state index is 2.34. The molecule has 0 N–H and O–H groups in total. The predicted octanol–water partition coefficient (Wildman–Crippen LogP) is 2.77. The summed E-state index contributed by atoms with van der Waals surface area (Å²) in [6, 6.07) is 6.72.